The Kier molecular flexibility index (Phi) is 8.83. The molecule has 0 radical (unpaired) electrons. The molecule has 0 aliphatic rings. The Bertz CT molecular complexity index is 3620. The Morgan fingerprint density at radius 2 is 0.762 bits per heavy atom. The van der Waals surface area contributed by atoms with E-state index in [1.165, 1.54) is 27.8 Å². The quantitative estimate of drug-likeness (QED) is 0.153. The lowest BCUT2D eigenvalue weighted by molar-refractivity contribution is 0.669. The molecule has 0 bridgehead atoms. The molecule has 0 aliphatic heterocycles. The number of furan rings is 2. The van der Waals surface area contributed by atoms with E-state index in [1.807, 2.05) is 24.3 Å². The van der Waals surface area contributed by atoms with Crippen LogP contribution in [0.1, 0.15) is 0 Å². The fourth-order valence-corrected chi connectivity index (χ4v) is 9.34. The summed E-state index contributed by atoms with van der Waals surface area (Å²) in [5.74, 6) is 0. The van der Waals surface area contributed by atoms with Crippen molar-refractivity contribution in [3.63, 3.8) is 0 Å². The smallest absolute Gasteiger partial charge is 0.143 e. The first kappa shape index (κ1) is 36.5. The molecular formula is C60H39NO2. The average molecular weight is 806 g/mol. The molecular weight excluding hydrogens is 767 g/mol. The Morgan fingerprint density at radius 3 is 1.52 bits per heavy atom. The number of rotatable bonds is 8. The summed E-state index contributed by atoms with van der Waals surface area (Å²) in [6.07, 6.45) is 0. The first-order valence-electron chi connectivity index (χ1n) is 21.4. The Morgan fingerprint density at radius 1 is 0.254 bits per heavy atom. The van der Waals surface area contributed by atoms with Crippen molar-refractivity contribution < 1.29 is 8.83 Å². The lowest BCUT2D eigenvalue weighted by Crippen LogP contribution is -2.11. The summed E-state index contributed by atoms with van der Waals surface area (Å²) in [5, 5.41) is 4.44. The molecule has 12 rings (SSSR count). The van der Waals surface area contributed by atoms with E-state index in [1.54, 1.807) is 0 Å². The van der Waals surface area contributed by atoms with Gasteiger partial charge in [0, 0.05) is 50.1 Å². The monoisotopic (exact) mass is 805 g/mol. The molecule has 0 fully saturated rings. The van der Waals surface area contributed by atoms with Gasteiger partial charge in [-0.3, -0.25) is 0 Å². The second-order valence-electron chi connectivity index (χ2n) is 16.0. The molecule has 12 aromatic rings. The molecule has 0 unspecified atom stereocenters. The van der Waals surface area contributed by atoms with Gasteiger partial charge < -0.3 is 13.7 Å². The fraction of sp³-hybridized carbons (Fsp3) is 0. The zero-order valence-electron chi connectivity index (χ0n) is 34.3. The molecule has 0 saturated carbocycles. The topological polar surface area (TPSA) is 29.5 Å². The predicted octanol–water partition coefficient (Wildman–Crippen LogP) is 17.3. The van der Waals surface area contributed by atoms with Crippen LogP contribution in [0.2, 0.25) is 0 Å². The minimum absolute atomic E-state index is 0.843. The van der Waals surface area contributed by atoms with E-state index >= 15 is 0 Å². The Balaban J connectivity index is 1.04. The first-order valence-corrected chi connectivity index (χ1v) is 21.4. The van der Waals surface area contributed by atoms with E-state index in [4.69, 9.17) is 8.83 Å². The van der Waals surface area contributed by atoms with Crippen LogP contribution in [0.25, 0.3) is 99.5 Å². The summed E-state index contributed by atoms with van der Waals surface area (Å²) in [7, 11) is 0. The predicted molar refractivity (Wildman–Crippen MR) is 263 cm³/mol. The molecule has 0 spiro atoms. The molecule has 3 heteroatoms. The van der Waals surface area contributed by atoms with Crippen molar-refractivity contribution in [2.45, 2.75) is 0 Å². The van der Waals surface area contributed by atoms with Gasteiger partial charge in [0.25, 0.3) is 0 Å². The number of anilines is 3. The maximum absolute atomic E-state index is 6.51. The van der Waals surface area contributed by atoms with Gasteiger partial charge in [0.2, 0.25) is 0 Å². The van der Waals surface area contributed by atoms with Crippen molar-refractivity contribution in [2.75, 3.05) is 4.90 Å². The normalized spacial score (nSPS) is 11.5. The number of nitrogens with zero attached hydrogens (tertiary/aromatic N) is 1. The number of benzene rings is 10. The second kappa shape index (κ2) is 15.3. The Hall–Kier alpha value is -8.40. The van der Waals surface area contributed by atoms with Crippen molar-refractivity contribution in [1.82, 2.24) is 0 Å². The highest BCUT2D eigenvalue weighted by Crippen LogP contribution is 2.47. The third-order valence-electron chi connectivity index (χ3n) is 12.3. The van der Waals surface area contributed by atoms with Crippen LogP contribution < -0.4 is 4.90 Å². The van der Waals surface area contributed by atoms with Crippen LogP contribution in [0.15, 0.2) is 245 Å². The van der Waals surface area contributed by atoms with E-state index in [2.05, 4.69) is 217 Å². The lowest BCUT2D eigenvalue weighted by Gasteiger charge is -2.28. The molecule has 0 saturated heterocycles. The van der Waals surface area contributed by atoms with E-state index in [0.29, 0.717) is 0 Å². The average Bonchev–Trinajstić information content (AvgIpc) is 3.93. The number of para-hydroxylation sites is 4. The molecule has 3 nitrogen and oxygen atoms in total. The molecule has 63 heavy (non-hydrogen) atoms. The summed E-state index contributed by atoms with van der Waals surface area (Å²) in [4.78, 5) is 2.36. The van der Waals surface area contributed by atoms with E-state index in [0.717, 1.165) is 88.8 Å². The highest BCUT2D eigenvalue weighted by atomic mass is 16.3. The van der Waals surface area contributed by atoms with Crippen LogP contribution in [-0.2, 0) is 0 Å². The third kappa shape index (κ3) is 6.38. The van der Waals surface area contributed by atoms with Crippen molar-refractivity contribution in [2.24, 2.45) is 0 Å². The van der Waals surface area contributed by atoms with Crippen LogP contribution in [0.3, 0.4) is 0 Å². The number of fused-ring (bicyclic) bond motifs is 6. The van der Waals surface area contributed by atoms with Crippen LogP contribution in [0.5, 0.6) is 0 Å². The zero-order valence-corrected chi connectivity index (χ0v) is 34.3. The third-order valence-corrected chi connectivity index (χ3v) is 12.3. The van der Waals surface area contributed by atoms with Gasteiger partial charge in [-0.1, -0.05) is 182 Å². The molecule has 0 atom stereocenters. The SMILES string of the molecule is c1ccc(-c2ccc(-c3ccccc3-c3ccccc3N(c3ccc(-c4cccc5c4oc4ccccc45)cc3)c3ccc4c(c3)oc3ccccc34)c(-c3ccccc3)c2)cc1. The van der Waals surface area contributed by atoms with Crippen molar-refractivity contribution in [3.8, 4) is 55.6 Å². The minimum Gasteiger partial charge on any atom is -0.456 e. The molecule has 10 aromatic carbocycles. The van der Waals surface area contributed by atoms with Crippen molar-refractivity contribution >= 4 is 60.9 Å². The van der Waals surface area contributed by atoms with Crippen molar-refractivity contribution in [1.29, 1.82) is 0 Å². The van der Waals surface area contributed by atoms with Gasteiger partial charge in [-0.15, -0.1) is 0 Å². The van der Waals surface area contributed by atoms with E-state index in [-0.39, 0.29) is 0 Å². The fourth-order valence-electron chi connectivity index (χ4n) is 9.34. The summed E-state index contributed by atoms with van der Waals surface area (Å²) in [6, 6.07) is 84.2. The van der Waals surface area contributed by atoms with E-state index < -0.39 is 0 Å². The summed E-state index contributed by atoms with van der Waals surface area (Å²) in [6.45, 7) is 0. The van der Waals surface area contributed by atoms with E-state index in [9.17, 15) is 0 Å². The molecule has 0 aliphatic carbocycles. The van der Waals surface area contributed by atoms with Crippen LogP contribution in [0, 0.1) is 0 Å². The van der Waals surface area contributed by atoms with Gasteiger partial charge in [0.05, 0.1) is 5.69 Å². The van der Waals surface area contributed by atoms with Crippen LogP contribution in [0.4, 0.5) is 17.1 Å². The second-order valence-corrected chi connectivity index (χ2v) is 16.0. The maximum atomic E-state index is 6.51. The maximum Gasteiger partial charge on any atom is 0.143 e. The van der Waals surface area contributed by atoms with Gasteiger partial charge >= 0.3 is 0 Å². The van der Waals surface area contributed by atoms with Gasteiger partial charge in [0.15, 0.2) is 0 Å². The molecule has 0 amide bonds. The largest absolute Gasteiger partial charge is 0.456 e. The summed E-state index contributed by atoms with van der Waals surface area (Å²) in [5.41, 5.74) is 18.0. The summed E-state index contributed by atoms with van der Waals surface area (Å²) >= 11 is 0. The highest BCUT2D eigenvalue weighted by molar-refractivity contribution is 6.10. The molecule has 0 N–H and O–H groups in total. The minimum atomic E-state index is 0.843. The number of hydrogen-bond acceptors (Lipinski definition) is 3. The first-order chi connectivity index (χ1) is 31.2. The van der Waals surface area contributed by atoms with Crippen LogP contribution in [-0.4, -0.2) is 0 Å². The van der Waals surface area contributed by atoms with Gasteiger partial charge in [-0.25, -0.2) is 0 Å². The molecule has 2 heterocycles. The Labute approximate surface area is 365 Å². The summed E-state index contributed by atoms with van der Waals surface area (Å²) < 4.78 is 13.0. The van der Waals surface area contributed by atoms with Gasteiger partial charge in [-0.05, 0) is 93.0 Å². The lowest BCUT2D eigenvalue weighted by atomic mass is 9.87. The van der Waals surface area contributed by atoms with Gasteiger partial charge in [0.1, 0.15) is 22.3 Å². The van der Waals surface area contributed by atoms with Gasteiger partial charge in [-0.2, -0.15) is 0 Å². The van der Waals surface area contributed by atoms with Crippen molar-refractivity contribution in [3.05, 3.63) is 237 Å². The highest BCUT2D eigenvalue weighted by Gasteiger charge is 2.22. The molecule has 296 valence electrons. The molecule has 2 aromatic heterocycles. The van der Waals surface area contributed by atoms with Crippen LogP contribution >= 0.6 is 0 Å². The zero-order chi connectivity index (χ0) is 41.7. The standard InChI is InChI=1S/C60H39NO2/c1-3-16-40(17-4-1)43-32-36-49(55(38-43)41-18-5-2-6-19-41)47-20-7-8-21-48(47)50-22-9-12-27-56(50)61(45-35-37-53-51-23-10-13-28-57(51)62-59(53)39-45)44-33-30-42(31-34-44)46-25-15-26-54-52-24-11-14-29-58(52)63-60(46)54/h1-39H. The number of hydrogen-bond donors (Lipinski definition) is 0.